The van der Waals surface area contributed by atoms with Crippen molar-refractivity contribution in [3.63, 3.8) is 0 Å². The van der Waals surface area contributed by atoms with E-state index in [1.165, 1.54) is 12.1 Å². The lowest BCUT2D eigenvalue weighted by Gasteiger charge is -2.02. The van der Waals surface area contributed by atoms with E-state index in [0.717, 1.165) is 12.1 Å². The van der Waals surface area contributed by atoms with Crippen molar-refractivity contribution < 1.29 is 21.6 Å². The van der Waals surface area contributed by atoms with Crippen molar-refractivity contribution >= 4 is 9.84 Å². The molecule has 0 heterocycles. The lowest BCUT2D eigenvalue weighted by molar-refractivity contribution is 0.234. The van der Waals surface area contributed by atoms with Gasteiger partial charge in [0.1, 0.15) is 10.7 Å². The maximum atomic E-state index is 12.7. The van der Waals surface area contributed by atoms with Gasteiger partial charge in [-0.2, -0.15) is 8.78 Å². The zero-order valence-corrected chi connectivity index (χ0v) is 7.06. The second-order valence-electron chi connectivity index (χ2n) is 2.24. The summed E-state index contributed by atoms with van der Waals surface area (Å²) in [7, 11) is -4.82. The summed E-state index contributed by atoms with van der Waals surface area (Å²) in [6, 6.07) is 4.02. The fourth-order valence-electron chi connectivity index (χ4n) is 0.771. The molecule has 0 aliphatic rings. The van der Waals surface area contributed by atoms with Crippen LogP contribution < -0.4 is 0 Å². The van der Waals surface area contributed by atoms with Crippen molar-refractivity contribution in [2.45, 2.75) is 10.7 Å². The first kappa shape index (κ1) is 10.0. The summed E-state index contributed by atoms with van der Waals surface area (Å²) in [5.74, 6) is -4.76. The summed E-state index contributed by atoms with van der Waals surface area (Å²) in [6.45, 7) is 0. The van der Waals surface area contributed by atoms with Gasteiger partial charge in [-0.1, -0.05) is 12.1 Å². The Morgan fingerprint density at radius 2 is 1.69 bits per heavy atom. The Morgan fingerprint density at radius 3 is 2.15 bits per heavy atom. The van der Waals surface area contributed by atoms with E-state index in [0.29, 0.717) is 0 Å². The molecule has 0 fully saturated rings. The summed E-state index contributed by atoms with van der Waals surface area (Å²) >= 11 is 0. The molecule has 0 aliphatic carbocycles. The standard InChI is InChI=1S/C7H5F3O2S/c8-5-3-1-2-4-6(5)13(11,12)7(9)10/h1-4,7H. The monoisotopic (exact) mass is 210 g/mol. The predicted molar refractivity (Wildman–Crippen MR) is 39.6 cm³/mol. The maximum absolute atomic E-state index is 12.7. The number of benzene rings is 1. The van der Waals surface area contributed by atoms with Crippen LogP contribution in [0.5, 0.6) is 0 Å². The molecule has 0 aliphatic heterocycles. The highest BCUT2D eigenvalue weighted by molar-refractivity contribution is 7.91. The van der Waals surface area contributed by atoms with Crippen molar-refractivity contribution in [2.24, 2.45) is 0 Å². The number of hydrogen-bond acceptors (Lipinski definition) is 2. The third-order valence-electron chi connectivity index (χ3n) is 1.38. The first-order valence-electron chi connectivity index (χ1n) is 3.23. The molecule has 0 unspecified atom stereocenters. The second kappa shape index (κ2) is 3.37. The van der Waals surface area contributed by atoms with E-state index in [4.69, 9.17) is 0 Å². The molecule has 1 aromatic carbocycles. The highest BCUT2D eigenvalue weighted by Crippen LogP contribution is 2.20. The number of alkyl halides is 2. The van der Waals surface area contributed by atoms with E-state index in [-0.39, 0.29) is 0 Å². The molecule has 0 bridgehead atoms. The van der Waals surface area contributed by atoms with E-state index in [2.05, 4.69) is 0 Å². The van der Waals surface area contributed by atoms with Gasteiger partial charge in [0.25, 0.3) is 0 Å². The average Bonchev–Trinajstić information content (AvgIpc) is 2.04. The molecule has 13 heavy (non-hydrogen) atoms. The van der Waals surface area contributed by atoms with Gasteiger partial charge in [-0.05, 0) is 12.1 Å². The number of halogens is 3. The van der Waals surface area contributed by atoms with E-state index in [9.17, 15) is 21.6 Å². The smallest absolute Gasteiger partial charge is 0.218 e. The minimum atomic E-state index is -4.82. The largest absolute Gasteiger partial charge is 0.341 e. The molecule has 1 rings (SSSR count). The normalized spacial score (nSPS) is 12.0. The summed E-state index contributed by atoms with van der Waals surface area (Å²) in [4.78, 5) is -0.968. The first-order chi connectivity index (χ1) is 5.96. The molecule has 0 radical (unpaired) electrons. The molecule has 6 heteroatoms. The molecule has 0 saturated carbocycles. The molecule has 0 aromatic heterocycles. The van der Waals surface area contributed by atoms with E-state index >= 15 is 0 Å². The predicted octanol–water partition coefficient (Wildman–Crippen LogP) is 1.82. The van der Waals surface area contributed by atoms with Crippen LogP contribution in [0.25, 0.3) is 0 Å². The summed E-state index contributed by atoms with van der Waals surface area (Å²) in [5, 5.41) is 0. The van der Waals surface area contributed by atoms with Gasteiger partial charge in [0, 0.05) is 0 Å². The van der Waals surface area contributed by atoms with Crippen LogP contribution in [0.1, 0.15) is 0 Å². The van der Waals surface area contributed by atoms with Crippen LogP contribution >= 0.6 is 0 Å². The lowest BCUT2D eigenvalue weighted by Crippen LogP contribution is -2.12. The second-order valence-corrected chi connectivity index (χ2v) is 4.12. The molecule has 1 aromatic rings. The Hall–Kier alpha value is -1.04. The number of rotatable bonds is 2. The van der Waals surface area contributed by atoms with Crippen molar-refractivity contribution in [2.75, 3.05) is 0 Å². The highest BCUT2D eigenvalue weighted by Gasteiger charge is 2.28. The van der Waals surface area contributed by atoms with Crippen molar-refractivity contribution in [1.29, 1.82) is 0 Å². The fourth-order valence-corrected chi connectivity index (χ4v) is 1.57. The molecule has 0 saturated heterocycles. The molecule has 0 spiro atoms. The van der Waals surface area contributed by atoms with Gasteiger partial charge >= 0.3 is 5.76 Å². The van der Waals surface area contributed by atoms with Gasteiger partial charge < -0.3 is 0 Å². The zero-order valence-electron chi connectivity index (χ0n) is 6.25. The molecule has 72 valence electrons. The Labute approximate surface area is 72.9 Å². The van der Waals surface area contributed by atoms with Crippen LogP contribution in [0, 0.1) is 5.82 Å². The average molecular weight is 210 g/mol. The topological polar surface area (TPSA) is 34.1 Å². The first-order valence-corrected chi connectivity index (χ1v) is 4.77. The van der Waals surface area contributed by atoms with Gasteiger partial charge in [-0.3, -0.25) is 0 Å². The Kier molecular flexibility index (Phi) is 2.60. The number of sulfone groups is 1. The van der Waals surface area contributed by atoms with E-state index in [1.54, 1.807) is 0 Å². The quantitative estimate of drug-likeness (QED) is 0.746. The molecule has 2 nitrogen and oxygen atoms in total. The fraction of sp³-hybridized carbons (Fsp3) is 0.143. The van der Waals surface area contributed by atoms with Crippen LogP contribution in [0.3, 0.4) is 0 Å². The third-order valence-corrected chi connectivity index (χ3v) is 2.79. The minimum absolute atomic E-state index is 0.802. The molecular formula is C7H5F3O2S. The Morgan fingerprint density at radius 1 is 1.15 bits per heavy atom. The van der Waals surface area contributed by atoms with Crippen molar-refractivity contribution in [3.8, 4) is 0 Å². The van der Waals surface area contributed by atoms with Crippen molar-refractivity contribution in [1.82, 2.24) is 0 Å². The summed E-state index contributed by atoms with van der Waals surface area (Å²) < 4.78 is 58.1. The molecule has 0 amide bonds. The van der Waals surface area contributed by atoms with Crippen LogP contribution in [-0.4, -0.2) is 14.2 Å². The lowest BCUT2D eigenvalue weighted by atomic mass is 10.4. The van der Waals surface area contributed by atoms with E-state index < -0.39 is 26.3 Å². The van der Waals surface area contributed by atoms with Crippen molar-refractivity contribution in [3.05, 3.63) is 30.1 Å². The van der Waals surface area contributed by atoms with Crippen LogP contribution in [-0.2, 0) is 9.84 Å². The van der Waals surface area contributed by atoms with Crippen LogP contribution in [0.15, 0.2) is 29.2 Å². The number of hydrogen-bond donors (Lipinski definition) is 0. The molecule has 0 N–H and O–H groups in total. The minimum Gasteiger partial charge on any atom is -0.218 e. The third kappa shape index (κ3) is 1.82. The SMILES string of the molecule is O=S(=O)(c1ccccc1F)C(F)F. The maximum Gasteiger partial charge on any atom is 0.341 e. The Balaban J connectivity index is 3.32. The highest BCUT2D eigenvalue weighted by atomic mass is 32.2. The molecular weight excluding hydrogens is 205 g/mol. The van der Waals surface area contributed by atoms with Gasteiger partial charge in [0.15, 0.2) is 0 Å². The summed E-state index contributed by atoms with van der Waals surface area (Å²) in [6.07, 6.45) is 0. The van der Waals surface area contributed by atoms with E-state index in [1.807, 2.05) is 0 Å². The van der Waals surface area contributed by atoms with Gasteiger partial charge in [0.2, 0.25) is 9.84 Å². The molecule has 0 atom stereocenters. The summed E-state index contributed by atoms with van der Waals surface area (Å²) in [5.41, 5.74) is 0. The van der Waals surface area contributed by atoms with Gasteiger partial charge in [-0.25, -0.2) is 12.8 Å². The van der Waals surface area contributed by atoms with Gasteiger partial charge in [-0.15, -0.1) is 0 Å². The van der Waals surface area contributed by atoms with Crippen LogP contribution in [0.4, 0.5) is 13.2 Å². The Bertz CT molecular complexity index is 400. The zero-order chi connectivity index (χ0) is 10.1. The van der Waals surface area contributed by atoms with Gasteiger partial charge in [0.05, 0.1) is 0 Å². The van der Waals surface area contributed by atoms with Crippen LogP contribution in [0.2, 0.25) is 0 Å².